The molecule has 1 N–H and O–H groups in total. The number of nitrogens with zero attached hydrogens (tertiary/aromatic N) is 2. The van der Waals surface area contributed by atoms with E-state index in [1.807, 2.05) is 12.4 Å². The van der Waals surface area contributed by atoms with Gasteiger partial charge in [-0.1, -0.05) is 12.8 Å². The molecule has 1 saturated carbocycles. The maximum atomic E-state index is 4.31. The van der Waals surface area contributed by atoms with Crippen LogP contribution in [-0.2, 0) is 0 Å². The number of piperazine rings is 1. The molecule has 1 aliphatic carbocycles. The molecular weight excluding hydrogens is 222 g/mol. The molecule has 1 atom stereocenters. The van der Waals surface area contributed by atoms with Crippen molar-refractivity contribution >= 4 is 5.69 Å². The summed E-state index contributed by atoms with van der Waals surface area (Å²) in [5.41, 5.74) is 3.03. The number of pyridine rings is 1. The molecule has 3 nitrogen and oxygen atoms in total. The summed E-state index contributed by atoms with van der Waals surface area (Å²) in [7, 11) is 0. The fraction of sp³-hybridized carbons (Fsp3) is 0.667. The van der Waals surface area contributed by atoms with Gasteiger partial charge in [0.2, 0.25) is 0 Å². The molecule has 98 valence electrons. The Kier molecular flexibility index (Phi) is 3.02. The van der Waals surface area contributed by atoms with Gasteiger partial charge in [-0.15, -0.1) is 0 Å². The minimum Gasteiger partial charge on any atom is -0.364 e. The van der Waals surface area contributed by atoms with Gasteiger partial charge in [0, 0.05) is 30.9 Å². The molecule has 0 bridgehead atoms. The highest BCUT2D eigenvalue weighted by Crippen LogP contribution is 2.35. The van der Waals surface area contributed by atoms with Crippen LogP contribution in [-0.4, -0.2) is 29.7 Å². The molecule has 2 fully saturated rings. The normalized spacial score (nSPS) is 26.8. The van der Waals surface area contributed by atoms with Gasteiger partial charge in [0.15, 0.2) is 0 Å². The van der Waals surface area contributed by atoms with Crippen molar-refractivity contribution in [2.45, 2.75) is 51.1 Å². The molecule has 0 radical (unpaired) electrons. The van der Waals surface area contributed by atoms with Gasteiger partial charge in [-0.2, -0.15) is 0 Å². The van der Waals surface area contributed by atoms with E-state index in [4.69, 9.17) is 0 Å². The first-order valence-corrected chi connectivity index (χ1v) is 7.12. The number of rotatable bonds is 1. The second kappa shape index (κ2) is 4.54. The Balaban J connectivity index is 1.88. The number of aryl methyl sites for hydroxylation is 1. The number of hydrogen-bond donors (Lipinski definition) is 1. The van der Waals surface area contributed by atoms with Crippen molar-refractivity contribution in [3.8, 4) is 0 Å². The molecule has 0 aromatic carbocycles. The summed E-state index contributed by atoms with van der Waals surface area (Å²) < 4.78 is 0. The first-order chi connectivity index (χ1) is 8.70. The van der Waals surface area contributed by atoms with Gasteiger partial charge in [-0.25, -0.2) is 0 Å². The smallest absolute Gasteiger partial charge is 0.0585 e. The van der Waals surface area contributed by atoms with Crippen LogP contribution >= 0.6 is 0 Å². The molecule has 1 aromatic heterocycles. The van der Waals surface area contributed by atoms with E-state index in [0.29, 0.717) is 11.6 Å². The fourth-order valence-corrected chi connectivity index (χ4v) is 3.48. The van der Waals surface area contributed by atoms with Crippen LogP contribution in [0.3, 0.4) is 0 Å². The largest absolute Gasteiger partial charge is 0.364 e. The van der Waals surface area contributed by atoms with Crippen LogP contribution < -0.4 is 10.2 Å². The minimum absolute atomic E-state index is 0.370. The summed E-state index contributed by atoms with van der Waals surface area (Å²) in [6.07, 6.45) is 9.32. The van der Waals surface area contributed by atoms with Crippen LogP contribution in [0.15, 0.2) is 18.5 Å². The monoisotopic (exact) mass is 245 g/mol. The average Bonchev–Trinajstić information content (AvgIpc) is 2.82. The zero-order valence-corrected chi connectivity index (χ0v) is 11.4. The van der Waals surface area contributed by atoms with Crippen LogP contribution in [0, 0.1) is 6.92 Å². The second-order valence-electron chi connectivity index (χ2n) is 6.01. The summed E-state index contributed by atoms with van der Waals surface area (Å²) >= 11 is 0. The van der Waals surface area contributed by atoms with Crippen LogP contribution in [0.4, 0.5) is 5.69 Å². The van der Waals surface area contributed by atoms with E-state index < -0.39 is 0 Å². The number of aromatic nitrogens is 1. The molecule has 1 aliphatic heterocycles. The summed E-state index contributed by atoms with van der Waals surface area (Å²) in [4.78, 5) is 6.87. The molecule has 2 heterocycles. The van der Waals surface area contributed by atoms with Crippen LogP contribution in [0.5, 0.6) is 0 Å². The van der Waals surface area contributed by atoms with Crippen molar-refractivity contribution in [2.24, 2.45) is 0 Å². The molecule has 1 aromatic rings. The van der Waals surface area contributed by atoms with Crippen molar-refractivity contribution in [1.29, 1.82) is 0 Å². The zero-order chi connectivity index (χ0) is 12.6. The Morgan fingerprint density at radius 3 is 2.89 bits per heavy atom. The number of anilines is 1. The zero-order valence-electron chi connectivity index (χ0n) is 11.4. The minimum atomic E-state index is 0.370. The first-order valence-electron chi connectivity index (χ1n) is 7.12. The van der Waals surface area contributed by atoms with E-state index in [0.717, 1.165) is 13.1 Å². The van der Waals surface area contributed by atoms with Gasteiger partial charge in [0.1, 0.15) is 0 Å². The van der Waals surface area contributed by atoms with Crippen molar-refractivity contribution < 1.29 is 0 Å². The Labute approximate surface area is 110 Å². The van der Waals surface area contributed by atoms with Gasteiger partial charge in [-0.3, -0.25) is 4.98 Å². The lowest BCUT2D eigenvalue weighted by Gasteiger charge is -2.46. The fourth-order valence-electron chi connectivity index (χ4n) is 3.48. The lowest BCUT2D eigenvalue weighted by molar-refractivity contribution is 0.276. The summed E-state index contributed by atoms with van der Waals surface area (Å²) in [6.45, 7) is 6.73. The molecule has 18 heavy (non-hydrogen) atoms. The van der Waals surface area contributed by atoms with Crippen molar-refractivity contribution in [3.63, 3.8) is 0 Å². The lowest BCUT2D eigenvalue weighted by atomic mass is 9.92. The third-order valence-electron chi connectivity index (χ3n) is 4.66. The van der Waals surface area contributed by atoms with Gasteiger partial charge < -0.3 is 10.2 Å². The van der Waals surface area contributed by atoms with Crippen LogP contribution in [0.2, 0.25) is 0 Å². The third-order valence-corrected chi connectivity index (χ3v) is 4.66. The highest BCUT2D eigenvalue weighted by Gasteiger charge is 2.40. The van der Waals surface area contributed by atoms with E-state index in [1.165, 1.54) is 36.9 Å². The Morgan fingerprint density at radius 2 is 2.17 bits per heavy atom. The lowest BCUT2D eigenvalue weighted by Crippen LogP contribution is -2.62. The number of hydrogen-bond acceptors (Lipinski definition) is 3. The summed E-state index contributed by atoms with van der Waals surface area (Å²) in [5.74, 6) is 0. The molecule has 2 aliphatic rings. The number of nitrogens with one attached hydrogen (secondary N) is 1. The van der Waals surface area contributed by atoms with E-state index in [-0.39, 0.29) is 0 Å². The van der Waals surface area contributed by atoms with E-state index >= 15 is 0 Å². The standard InChI is InChI=1S/C15H23N3/c1-12-5-8-16-10-14(12)18-11-15(6-3-4-7-15)17-9-13(18)2/h5,8,10,13,17H,3-4,6-7,9,11H2,1-2H3. The van der Waals surface area contributed by atoms with Crippen LogP contribution in [0.1, 0.15) is 38.2 Å². The molecule has 3 heteroatoms. The predicted molar refractivity (Wildman–Crippen MR) is 75.0 cm³/mol. The Bertz CT molecular complexity index is 424. The molecule has 3 rings (SSSR count). The van der Waals surface area contributed by atoms with Gasteiger partial charge in [-0.05, 0) is 38.3 Å². The Hall–Kier alpha value is -1.09. The molecule has 1 saturated heterocycles. The molecule has 0 amide bonds. The quantitative estimate of drug-likeness (QED) is 0.824. The maximum absolute atomic E-state index is 4.31. The maximum Gasteiger partial charge on any atom is 0.0585 e. The van der Waals surface area contributed by atoms with E-state index in [1.54, 1.807) is 0 Å². The average molecular weight is 245 g/mol. The highest BCUT2D eigenvalue weighted by molar-refractivity contribution is 5.53. The van der Waals surface area contributed by atoms with Crippen molar-refractivity contribution in [1.82, 2.24) is 10.3 Å². The molecule has 1 spiro atoms. The highest BCUT2D eigenvalue weighted by atomic mass is 15.3. The first kappa shape index (κ1) is 12.0. The predicted octanol–water partition coefficient (Wildman–Crippen LogP) is 2.50. The molecule has 1 unspecified atom stereocenters. The van der Waals surface area contributed by atoms with Crippen LogP contribution in [0.25, 0.3) is 0 Å². The van der Waals surface area contributed by atoms with E-state index in [2.05, 4.69) is 35.1 Å². The van der Waals surface area contributed by atoms with Gasteiger partial charge in [0.05, 0.1) is 11.9 Å². The second-order valence-corrected chi connectivity index (χ2v) is 6.01. The van der Waals surface area contributed by atoms with Gasteiger partial charge >= 0.3 is 0 Å². The van der Waals surface area contributed by atoms with E-state index in [9.17, 15) is 0 Å². The Morgan fingerprint density at radius 1 is 1.39 bits per heavy atom. The third kappa shape index (κ3) is 2.01. The molecular formula is C15H23N3. The summed E-state index contributed by atoms with van der Waals surface area (Å²) in [6, 6.07) is 2.67. The summed E-state index contributed by atoms with van der Waals surface area (Å²) in [5, 5.41) is 3.80. The van der Waals surface area contributed by atoms with Crippen molar-refractivity contribution in [2.75, 3.05) is 18.0 Å². The SMILES string of the molecule is Cc1ccncc1N1CC2(CCCC2)NCC1C. The van der Waals surface area contributed by atoms with Crippen molar-refractivity contribution in [3.05, 3.63) is 24.0 Å². The topological polar surface area (TPSA) is 28.2 Å². The van der Waals surface area contributed by atoms with Gasteiger partial charge in [0.25, 0.3) is 0 Å².